The van der Waals surface area contributed by atoms with Crippen LogP contribution in [0.15, 0.2) is 0 Å². The van der Waals surface area contributed by atoms with Crippen molar-refractivity contribution in [1.29, 1.82) is 0 Å². The van der Waals surface area contributed by atoms with E-state index < -0.39 is 68.1 Å². The van der Waals surface area contributed by atoms with Gasteiger partial charge in [-0.15, -0.1) is 0 Å². The first kappa shape index (κ1) is 64.4. The third-order valence-corrected chi connectivity index (χ3v) is 12.1. The number of hydrogen-bond acceptors (Lipinski definition) is 16. The number of unbranched alkanes of at least 4 members (excludes halogenated alkanes) is 18. The lowest BCUT2D eigenvalue weighted by Crippen LogP contribution is -2.61. The molecular formula is C49H94N4O16. The van der Waals surface area contributed by atoms with Crippen molar-refractivity contribution in [1.82, 2.24) is 20.9 Å². The maximum atomic E-state index is 13.2. The van der Waals surface area contributed by atoms with E-state index in [4.69, 9.17) is 23.7 Å². The van der Waals surface area contributed by atoms with Crippen LogP contribution in [-0.2, 0) is 42.9 Å². The summed E-state index contributed by atoms with van der Waals surface area (Å²) < 4.78 is 26.8. The maximum absolute atomic E-state index is 13.2. The van der Waals surface area contributed by atoms with Crippen molar-refractivity contribution in [3.8, 4) is 0 Å². The predicted octanol–water partition coefficient (Wildman–Crippen LogP) is 1.73. The van der Waals surface area contributed by atoms with Crippen molar-refractivity contribution >= 4 is 23.6 Å². The average Bonchev–Trinajstić information content (AvgIpc) is 3.35. The summed E-state index contributed by atoms with van der Waals surface area (Å²) in [5, 5.41) is 77.4. The minimum atomic E-state index is -2.06. The van der Waals surface area contributed by atoms with E-state index in [1.165, 1.54) is 103 Å². The normalized spacial score (nSPS) is 19.5. The van der Waals surface area contributed by atoms with Gasteiger partial charge in [0, 0.05) is 39.0 Å². The molecule has 0 unspecified atom stereocenters. The molecule has 0 aliphatic carbocycles. The Morgan fingerprint density at radius 2 is 1.00 bits per heavy atom. The van der Waals surface area contributed by atoms with Gasteiger partial charge in [0.15, 0.2) is 12.4 Å². The van der Waals surface area contributed by atoms with Crippen LogP contribution in [0.2, 0.25) is 0 Å². The zero-order valence-corrected chi connectivity index (χ0v) is 42.1. The molecule has 1 heterocycles. The first-order chi connectivity index (χ1) is 33.4. The zero-order valence-electron chi connectivity index (χ0n) is 42.1. The van der Waals surface area contributed by atoms with Crippen LogP contribution in [0.3, 0.4) is 0 Å². The van der Waals surface area contributed by atoms with Gasteiger partial charge in [-0.2, -0.15) is 0 Å². The van der Waals surface area contributed by atoms with Crippen molar-refractivity contribution in [2.24, 2.45) is 0 Å². The Hall–Kier alpha value is -2.60. The minimum absolute atomic E-state index is 0.0123. The third kappa shape index (κ3) is 31.5. The topological polar surface area (TPSA) is 295 Å². The molecule has 0 aromatic rings. The second-order valence-electron chi connectivity index (χ2n) is 18.0. The van der Waals surface area contributed by atoms with Crippen molar-refractivity contribution in [2.45, 2.75) is 204 Å². The minimum Gasteiger partial charge on any atom is -0.394 e. The summed E-state index contributed by atoms with van der Waals surface area (Å²) in [5.74, 6) is -1.73. The number of aliphatic hydroxyl groups excluding tert-OH is 7. The van der Waals surface area contributed by atoms with Crippen LogP contribution in [-0.4, -0.2) is 199 Å². The molecular weight excluding hydrogens is 901 g/mol. The highest BCUT2D eigenvalue weighted by Crippen LogP contribution is 2.24. The lowest BCUT2D eigenvalue weighted by molar-refractivity contribution is -0.323. The Balaban J connectivity index is 2.22. The number of hydrogen-bond donors (Lipinski definition) is 10. The van der Waals surface area contributed by atoms with E-state index >= 15 is 0 Å². The van der Waals surface area contributed by atoms with Gasteiger partial charge in [0.2, 0.25) is 17.7 Å². The van der Waals surface area contributed by atoms with Gasteiger partial charge in [0.25, 0.3) is 5.91 Å². The van der Waals surface area contributed by atoms with Crippen molar-refractivity contribution < 1.29 is 78.6 Å². The van der Waals surface area contributed by atoms with E-state index in [1.54, 1.807) is 0 Å². The van der Waals surface area contributed by atoms with E-state index in [-0.39, 0.29) is 89.8 Å². The monoisotopic (exact) mass is 995 g/mol. The molecule has 1 saturated heterocycles. The molecule has 0 aromatic carbocycles. The Labute approximate surface area is 411 Å². The van der Waals surface area contributed by atoms with Crippen LogP contribution in [0, 0.1) is 0 Å². The van der Waals surface area contributed by atoms with Gasteiger partial charge in [-0.05, 0) is 12.8 Å². The van der Waals surface area contributed by atoms with E-state index in [9.17, 15) is 54.9 Å². The van der Waals surface area contributed by atoms with Gasteiger partial charge in [0.1, 0.15) is 36.6 Å². The molecule has 69 heavy (non-hydrogen) atoms. The summed E-state index contributed by atoms with van der Waals surface area (Å²) in [6, 6.07) is 0. The van der Waals surface area contributed by atoms with Crippen molar-refractivity contribution in [3.63, 3.8) is 0 Å². The Morgan fingerprint density at radius 1 is 0.565 bits per heavy atom. The number of rotatable bonds is 46. The van der Waals surface area contributed by atoms with Crippen LogP contribution in [0.5, 0.6) is 0 Å². The number of aliphatic hydroxyl groups is 7. The smallest absolute Gasteiger partial charge is 0.251 e. The highest BCUT2D eigenvalue weighted by molar-refractivity contribution is 5.87. The van der Waals surface area contributed by atoms with E-state index in [1.807, 2.05) is 4.90 Å². The average molecular weight is 995 g/mol. The maximum Gasteiger partial charge on any atom is 0.251 e. The van der Waals surface area contributed by atoms with Crippen molar-refractivity contribution in [2.75, 3.05) is 85.6 Å². The highest BCUT2D eigenvalue weighted by atomic mass is 16.7. The Bertz CT molecular complexity index is 1260. The first-order valence-electron chi connectivity index (χ1n) is 26.2. The van der Waals surface area contributed by atoms with Crippen LogP contribution in [0.25, 0.3) is 0 Å². The van der Waals surface area contributed by atoms with Gasteiger partial charge in [-0.25, -0.2) is 0 Å². The van der Waals surface area contributed by atoms with E-state index in [0.717, 1.165) is 25.7 Å². The second kappa shape index (κ2) is 43.0. The fourth-order valence-electron chi connectivity index (χ4n) is 7.75. The lowest BCUT2D eigenvalue weighted by Gasteiger charge is -2.41. The molecule has 1 rings (SSSR count). The summed E-state index contributed by atoms with van der Waals surface area (Å²) in [7, 11) is 0. The molecule has 20 heteroatoms. The van der Waals surface area contributed by atoms with Crippen LogP contribution < -0.4 is 16.0 Å². The summed E-state index contributed by atoms with van der Waals surface area (Å²) in [6.07, 6.45) is 10.4. The van der Waals surface area contributed by atoms with Crippen LogP contribution >= 0.6 is 0 Å². The quantitative estimate of drug-likeness (QED) is 0.0389. The summed E-state index contributed by atoms with van der Waals surface area (Å²) in [4.78, 5) is 52.5. The molecule has 8 atom stereocenters. The Morgan fingerprint density at radius 3 is 1.46 bits per heavy atom. The molecule has 0 bridgehead atoms. The molecule has 4 amide bonds. The lowest BCUT2D eigenvalue weighted by atomic mass is 9.99. The van der Waals surface area contributed by atoms with Crippen LogP contribution in [0.4, 0.5) is 0 Å². The fraction of sp³-hybridized carbons (Fsp3) is 0.918. The fourth-order valence-corrected chi connectivity index (χ4v) is 7.75. The summed E-state index contributed by atoms with van der Waals surface area (Å²) in [5.41, 5.74) is 0. The van der Waals surface area contributed by atoms with Gasteiger partial charge >= 0.3 is 0 Å². The molecule has 1 aliphatic rings. The zero-order chi connectivity index (χ0) is 50.9. The highest BCUT2D eigenvalue weighted by Gasteiger charge is 2.47. The third-order valence-electron chi connectivity index (χ3n) is 12.1. The first-order valence-corrected chi connectivity index (χ1v) is 26.2. The number of nitrogens with zero attached hydrogens (tertiary/aromatic N) is 1. The molecule has 10 N–H and O–H groups in total. The standard InChI is InChI=1S/C49H94N4O16/c1-3-5-7-9-11-13-15-17-19-21-27-53(28-22-20-18-16-14-12-10-8-6-4-2)42(59)35-52-41(58)24-23-40(57)50-25-29-65-31-33-67-34-32-66-30-26-51-48(64)46(63)47(38(56)36-54)69-49-45(62)44(61)43(60)39(37-55)68-49/h38-39,43-47,49,54-56,60-63H,3-37H2,1-2H3,(H,50,57)(H,51,64)(H,52,58)/t38-,39-,43+,44+,45-,46+,47-,49+/m1/s1. The molecule has 0 spiro atoms. The Kier molecular flexibility index (Phi) is 40.2. The molecule has 0 radical (unpaired) electrons. The molecule has 0 saturated carbocycles. The molecule has 1 fully saturated rings. The summed E-state index contributed by atoms with van der Waals surface area (Å²) >= 11 is 0. The van der Waals surface area contributed by atoms with Gasteiger partial charge in [-0.3, -0.25) is 19.2 Å². The van der Waals surface area contributed by atoms with E-state index in [0.29, 0.717) is 13.1 Å². The van der Waals surface area contributed by atoms with Gasteiger partial charge in [0.05, 0.1) is 59.4 Å². The van der Waals surface area contributed by atoms with Gasteiger partial charge < -0.3 is 80.3 Å². The second-order valence-corrected chi connectivity index (χ2v) is 18.0. The number of carbonyl (C=O) groups is 4. The van der Waals surface area contributed by atoms with Crippen molar-refractivity contribution in [3.05, 3.63) is 0 Å². The number of amides is 4. The predicted molar refractivity (Wildman–Crippen MR) is 259 cm³/mol. The van der Waals surface area contributed by atoms with Gasteiger partial charge in [-0.1, -0.05) is 129 Å². The van der Waals surface area contributed by atoms with Crippen LogP contribution in [0.1, 0.15) is 155 Å². The molecule has 1 aliphatic heterocycles. The number of ether oxygens (including phenoxy) is 5. The SMILES string of the molecule is CCCCCCCCCCCCN(CCCCCCCCCCCC)C(=O)CNC(=O)CCC(=O)NCCOCCOCCOCCNC(=O)[C@@H](O)[C@H](O[C@@H]1O[C@H](CO)[C@H](O)[C@H](O)[C@H]1O)[C@H](O)CO. The largest absolute Gasteiger partial charge is 0.394 e. The molecule has 20 nitrogen and oxygen atoms in total. The molecule has 406 valence electrons. The molecule has 0 aromatic heterocycles. The summed E-state index contributed by atoms with van der Waals surface area (Å²) in [6.45, 7) is 5.42. The number of nitrogens with one attached hydrogen (secondary N) is 3. The van der Waals surface area contributed by atoms with E-state index in [2.05, 4.69) is 29.8 Å². The number of carbonyl (C=O) groups excluding carboxylic acids is 4.